The molecular weight excluding hydrogens is 364 g/mol. The lowest BCUT2D eigenvalue weighted by atomic mass is 10.0. The van der Waals surface area contributed by atoms with Gasteiger partial charge in [0.15, 0.2) is 5.75 Å². The lowest BCUT2D eigenvalue weighted by Crippen LogP contribution is -2.38. The Hall–Kier alpha value is -3.62. The minimum Gasteiger partial charge on any atom is -0.500 e. The van der Waals surface area contributed by atoms with Gasteiger partial charge in [0.05, 0.1) is 24.8 Å². The van der Waals surface area contributed by atoms with Crippen LogP contribution in [0.15, 0.2) is 41.5 Å². The zero-order valence-electron chi connectivity index (χ0n) is 15.3. The molecule has 1 aliphatic rings. The summed E-state index contributed by atoms with van der Waals surface area (Å²) in [4.78, 5) is 24.5. The predicted octanol–water partition coefficient (Wildman–Crippen LogP) is 2.21. The first kappa shape index (κ1) is 19.2. The van der Waals surface area contributed by atoms with Crippen molar-refractivity contribution < 1.29 is 19.6 Å². The summed E-state index contributed by atoms with van der Waals surface area (Å²) in [7, 11) is 1.29. The Balaban J connectivity index is 1.66. The molecule has 0 spiro atoms. The topological polar surface area (TPSA) is 117 Å². The SMILES string of the molecule is COc1cc(/C=N\NC(=O)CN2CCCc3ccccc32)cc([N+](=O)[O-])c1O. The maximum Gasteiger partial charge on any atom is 0.315 e. The highest BCUT2D eigenvalue weighted by atomic mass is 16.6. The van der Waals surface area contributed by atoms with Crippen molar-refractivity contribution in [3.05, 3.63) is 57.6 Å². The minimum atomic E-state index is -0.721. The van der Waals surface area contributed by atoms with Crippen molar-refractivity contribution in [2.24, 2.45) is 5.10 Å². The molecule has 0 bridgehead atoms. The van der Waals surface area contributed by atoms with Gasteiger partial charge < -0.3 is 14.7 Å². The molecule has 0 atom stereocenters. The normalized spacial score (nSPS) is 13.2. The van der Waals surface area contributed by atoms with Gasteiger partial charge in [0, 0.05) is 23.9 Å². The van der Waals surface area contributed by atoms with Crippen LogP contribution in [0.5, 0.6) is 11.5 Å². The molecule has 0 aliphatic carbocycles. The second-order valence-corrected chi connectivity index (χ2v) is 6.30. The first-order chi connectivity index (χ1) is 13.5. The Bertz CT molecular complexity index is 929. The number of nitrogens with zero attached hydrogens (tertiary/aromatic N) is 3. The molecule has 1 amide bonds. The van der Waals surface area contributed by atoms with Gasteiger partial charge in [-0.15, -0.1) is 0 Å². The Morgan fingerprint density at radius 1 is 1.43 bits per heavy atom. The predicted molar refractivity (Wildman–Crippen MR) is 104 cm³/mol. The Labute approximate surface area is 161 Å². The Morgan fingerprint density at radius 3 is 2.96 bits per heavy atom. The molecule has 0 saturated heterocycles. The molecule has 0 unspecified atom stereocenters. The number of nitrogens with one attached hydrogen (secondary N) is 1. The van der Waals surface area contributed by atoms with E-state index in [1.54, 1.807) is 0 Å². The molecule has 3 rings (SSSR count). The summed E-state index contributed by atoms with van der Waals surface area (Å²) in [6, 6.07) is 10.5. The average Bonchev–Trinajstić information content (AvgIpc) is 2.69. The van der Waals surface area contributed by atoms with Crippen molar-refractivity contribution in [3.8, 4) is 11.5 Å². The average molecular weight is 384 g/mol. The van der Waals surface area contributed by atoms with Gasteiger partial charge in [-0.1, -0.05) is 18.2 Å². The second kappa shape index (κ2) is 8.38. The molecule has 2 aromatic carbocycles. The number of para-hydroxylation sites is 1. The first-order valence-corrected chi connectivity index (χ1v) is 8.69. The number of methoxy groups -OCH3 is 1. The number of hydrogen-bond acceptors (Lipinski definition) is 7. The van der Waals surface area contributed by atoms with Gasteiger partial charge in [0.2, 0.25) is 5.75 Å². The molecule has 0 saturated carbocycles. The van der Waals surface area contributed by atoms with E-state index in [4.69, 9.17) is 4.74 Å². The molecule has 0 aromatic heterocycles. The van der Waals surface area contributed by atoms with Gasteiger partial charge in [-0.05, 0) is 30.5 Å². The summed E-state index contributed by atoms with van der Waals surface area (Å²) >= 11 is 0. The number of anilines is 1. The van der Waals surface area contributed by atoms with Crippen molar-refractivity contribution >= 4 is 23.5 Å². The van der Waals surface area contributed by atoms with Gasteiger partial charge in [0.1, 0.15) is 0 Å². The molecule has 28 heavy (non-hydrogen) atoms. The summed E-state index contributed by atoms with van der Waals surface area (Å²) in [5.74, 6) is -0.905. The third-order valence-electron chi connectivity index (χ3n) is 4.44. The van der Waals surface area contributed by atoms with E-state index in [0.717, 1.165) is 31.1 Å². The molecular formula is C19H20N4O5. The van der Waals surface area contributed by atoms with Crippen molar-refractivity contribution in [1.82, 2.24) is 5.43 Å². The monoisotopic (exact) mass is 384 g/mol. The maximum atomic E-state index is 12.2. The molecule has 1 aliphatic heterocycles. The lowest BCUT2D eigenvalue weighted by molar-refractivity contribution is -0.386. The third kappa shape index (κ3) is 4.20. The number of aryl methyl sites for hydroxylation is 1. The summed E-state index contributed by atoms with van der Waals surface area (Å²) in [6.07, 6.45) is 3.23. The number of carbonyl (C=O) groups is 1. The van der Waals surface area contributed by atoms with Crippen LogP contribution in [-0.2, 0) is 11.2 Å². The van der Waals surface area contributed by atoms with Crippen LogP contribution in [0.4, 0.5) is 11.4 Å². The fraction of sp³-hybridized carbons (Fsp3) is 0.263. The number of benzene rings is 2. The van der Waals surface area contributed by atoms with E-state index in [-0.39, 0.29) is 18.2 Å². The number of nitro groups is 1. The molecule has 9 heteroatoms. The molecule has 0 radical (unpaired) electrons. The third-order valence-corrected chi connectivity index (χ3v) is 4.44. The van der Waals surface area contributed by atoms with E-state index in [2.05, 4.69) is 16.6 Å². The standard InChI is InChI=1S/C19H20N4O5/c1-28-17-10-13(9-16(19(17)25)23(26)27)11-20-21-18(24)12-22-8-4-6-14-5-2-3-7-15(14)22/h2-3,5,7,9-11,25H,4,6,8,12H2,1H3,(H,21,24)/b20-11-. The Morgan fingerprint density at radius 2 is 2.21 bits per heavy atom. The molecule has 0 fully saturated rings. The number of phenols is 1. The first-order valence-electron chi connectivity index (χ1n) is 8.69. The summed E-state index contributed by atoms with van der Waals surface area (Å²) in [5.41, 5.74) is 4.50. The summed E-state index contributed by atoms with van der Waals surface area (Å²) < 4.78 is 4.93. The van der Waals surface area contributed by atoms with Gasteiger partial charge >= 0.3 is 5.69 Å². The number of rotatable bonds is 6. The second-order valence-electron chi connectivity index (χ2n) is 6.30. The zero-order valence-corrected chi connectivity index (χ0v) is 15.3. The van der Waals surface area contributed by atoms with Crippen LogP contribution in [0.2, 0.25) is 0 Å². The smallest absolute Gasteiger partial charge is 0.315 e. The number of nitro benzene ring substituents is 1. The number of hydrazone groups is 1. The number of amides is 1. The molecule has 2 aromatic rings. The lowest BCUT2D eigenvalue weighted by Gasteiger charge is -2.30. The van der Waals surface area contributed by atoms with E-state index >= 15 is 0 Å². The van der Waals surface area contributed by atoms with Crippen molar-refractivity contribution in [2.75, 3.05) is 25.1 Å². The molecule has 9 nitrogen and oxygen atoms in total. The number of fused-ring (bicyclic) bond motifs is 1. The largest absolute Gasteiger partial charge is 0.500 e. The fourth-order valence-corrected chi connectivity index (χ4v) is 3.15. The van der Waals surface area contributed by atoms with E-state index in [9.17, 15) is 20.0 Å². The van der Waals surface area contributed by atoms with Gasteiger partial charge in [-0.3, -0.25) is 14.9 Å². The highest BCUT2D eigenvalue weighted by Crippen LogP contribution is 2.36. The van der Waals surface area contributed by atoms with Crippen LogP contribution in [0.1, 0.15) is 17.5 Å². The van der Waals surface area contributed by atoms with Gasteiger partial charge in [-0.2, -0.15) is 5.10 Å². The van der Waals surface area contributed by atoms with Crippen LogP contribution < -0.4 is 15.1 Å². The fourth-order valence-electron chi connectivity index (χ4n) is 3.15. The number of phenolic OH excluding ortho intramolecular Hbond substituents is 1. The van der Waals surface area contributed by atoms with Crippen LogP contribution in [-0.4, -0.2) is 42.4 Å². The van der Waals surface area contributed by atoms with Crippen LogP contribution >= 0.6 is 0 Å². The van der Waals surface area contributed by atoms with Gasteiger partial charge in [0.25, 0.3) is 5.91 Å². The van der Waals surface area contributed by atoms with E-state index in [1.807, 2.05) is 23.1 Å². The number of aromatic hydroxyl groups is 1. The summed E-state index contributed by atoms with van der Waals surface area (Å²) in [5, 5.41) is 24.6. The van der Waals surface area contributed by atoms with Crippen LogP contribution in [0, 0.1) is 10.1 Å². The van der Waals surface area contributed by atoms with Crippen molar-refractivity contribution in [1.29, 1.82) is 0 Å². The Kier molecular flexibility index (Phi) is 5.73. The van der Waals surface area contributed by atoms with Crippen LogP contribution in [0.3, 0.4) is 0 Å². The molecule has 2 N–H and O–H groups in total. The molecule has 146 valence electrons. The van der Waals surface area contributed by atoms with Crippen molar-refractivity contribution in [2.45, 2.75) is 12.8 Å². The molecule has 1 heterocycles. The minimum absolute atomic E-state index is 0.0492. The van der Waals surface area contributed by atoms with Gasteiger partial charge in [-0.25, -0.2) is 5.43 Å². The highest BCUT2D eigenvalue weighted by molar-refractivity contribution is 5.86. The highest BCUT2D eigenvalue weighted by Gasteiger charge is 2.20. The number of ether oxygens (including phenoxy) is 1. The van der Waals surface area contributed by atoms with Crippen LogP contribution in [0.25, 0.3) is 0 Å². The summed E-state index contributed by atoms with van der Waals surface area (Å²) in [6.45, 7) is 0.947. The quantitative estimate of drug-likeness (QED) is 0.448. The van der Waals surface area contributed by atoms with E-state index in [0.29, 0.717) is 5.56 Å². The maximum absolute atomic E-state index is 12.2. The number of hydrogen-bond donors (Lipinski definition) is 2. The van der Waals surface area contributed by atoms with Crippen molar-refractivity contribution in [3.63, 3.8) is 0 Å². The zero-order chi connectivity index (χ0) is 20.1. The van der Waals surface area contributed by atoms with E-state index in [1.165, 1.54) is 25.0 Å². The van der Waals surface area contributed by atoms with E-state index < -0.39 is 16.4 Å². The number of carbonyl (C=O) groups excluding carboxylic acids is 1.